The Morgan fingerprint density at radius 1 is 1.15 bits per heavy atom. The molecule has 146 valence electrons. The van der Waals surface area contributed by atoms with Crippen molar-refractivity contribution in [1.82, 2.24) is 4.31 Å². The molecule has 27 heavy (non-hydrogen) atoms. The summed E-state index contributed by atoms with van der Waals surface area (Å²) in [6.45, 7) is 1.02. The van der Waals surface area contributed by atoms with Gasteiger partial charge in [-0.05, 0) is 37.1 Å². The van der Waals surface area contributed by atoms with Crippen molar-refractivity contribution in [2.24, 2.45) is 0 Å². The molecule has 7 nitrogen and oxygen atoms in total. The topological polar surface area (TPSA) is 102 Å². The first-order chi connectivity index (χ1) is 12.4. The van der Waals surface area contributed by atoms with E-state index in [2.05, 4.69) is 5.32 Å². The Bertz CT molecular complexity index is 928. The third kappa shape index (κ3) is 4.35. The number of para-hydroxylation sites is 1. The van der Waals surface area contributed by atoms with Crippen molar-refractivity contribution in [3.05, 3.63) is 48.0 Å². The van der Waals surface area contributed by atoms with Gasteiger partial charge in [0.25, 0.3) is 5.91 Å². The number of hydrogen-bond donors (Lipinski definition) is 2. The fourth-order valence-electron chi connectivity index (χ4n) is 2.93. The minimum atomic E-state index is -3.61. The molecular formula is C18H22ClN3O4S. The van der Waals surface area contributed by atoms with E-state index in [0.717, 1.165) is 12.8 Å². The fraction of sp³-hybridized carbons (Fsp3) is 0.278. The Hall–Kier alpha value is -2.29. The number of amides is 1. The SMILES string of the molecule is COc1cc(NC(=O)c2ccccc2N)ccc1S(=O)(=O)N1CCCC1.Cl. The number of nitrogens with one attached hydrogen (secondary N) is 1. The van der Waals surface area contributed by atoms with Crippen LogP contribution < -0.4 is 15.8 Å². The number of sulfonamides is 1. The van der Waals surface area contributed by atoms with Crippen molar-refractivity contribution in [1.29, 1.82) is 0 Å². The van der Waals surface area contributed by atoms with E-state index in [0.29, 0.717) is 30.0 Å². The first-order valence-corrected chi connectivity index (χ1v) is 9.71. The third-order valence-electron chi connectivity index (χ3n) is 4.31. The molecule has 0 spiro atoms. The van der Waals surface area contributed by atoms with E-state index in [1.807, 2.05) is 0 Å². The number of carbonyl (C=O) groups is 1. The molecule has 9 heteroatoms. The summed E-state index contributed by atoms with van der Waals surface area (Å²) >= 11 is 0. The lowest BCUT2D eigenvalue weighted by molar-refractivity contribution is 0.102. The van der Waals surface area contributed by atoms with Crippen molar-refractivity contribution in [2.45, 2.75) is 17.7 Å². The lowest BCUT2D eigenvalue weighted by Crippen LogP contribution is -2.28. The quantitative estimate of drug-likeness (QED) is 0.736. The number of nitrogens with two attached hydrogens (primary N) is 1. The number of carbonyl (C=O) groups excluding carboxylic acids is 1. The van der Waals surface area contributed by atoms with Gasteiger partial charge in [0.15, 0.2) is 0 Å². The predicted octanol–water partition coefficient (Wildman–Crippen LogP) is 2.74. The first-order valence-electron chi connectivity index (χ1n) is 8.27. The molecule has 0 saturated carbocycles. The molecule has 1 saturated heterocycles. The summed E-state index contributed by atoms with van der Waals surface area (Å²) < 4.78 is 32.2. The number of benzene rings is 2. The molecule has 2 aromatic rings. The van der Waals surface area contributed by atoms with Crippen molar-refractivity contribution < 1.29 is 17.9 Å². The van der Waals surface area contributed by atoms with Gasteiger partial charge >= 0.3 is 0 Å². The number of halogens is 1. The average Bonchev–Trinajstić information content (AvgIpc) is 3.17. The molecular weight excluding hydrogens is 390 g/mol. The molecule has 1 heterocycles. The second-order valence-electron chi connectivity index (χ2n) is 6.02. The molecule has 0 radical (unpaired) electrons. The summed E-state index contributed by atoms with van der Waals surface area (Å²) in [6.07, 6.45) is 1.71. The van der Waals surface area contributed by atoms with E-state index in [9.17, 15) is 13.2 Å². The van der Waals surface area contributed by atoms with Crippen LogP contribution in [0.5, 0.6) is 5.75 Å². The number of rotatable bonds is 5. The summed E-state index contributed by atoms with van der Waals surface area (Å²) in [6, 6.07) is 11.2. The largest absolute Gasteiger partial charge is 0.495 e. The van der Waals surface area contributed by atoms with Crippen LogP contribution in [-0.4, -0.2) is 38.8 Å². The van der Waals surface area contributed by atoms with Gasteiger partial charge in [-0.1, -0.05) is 12.1 Å². The Labute approximate surface area is 165 Å². The molecule has 1 aliphatic heterocycles. The summed E-state index contributed by atoms with van der Waals surface area (Å²) in [5, 5.41) is 2.71. The van der Waals surface area contributed by atoms with Gasteiger partial charge in [-0.2, -0.15) is 4.31 Å². The molecule has 3 N–H and O–H groups in total. The summed E-state index contributed by atoms with van der Waals surface area (Å²) in [4.78, 5) is 12.5. The third-order valence-corrected chi connectivity index (χ3v) is 6.25. The molecule has 1 amide bonds. The lowest BCUT2D eigenvalue weighted by atomic mass is 10.1. The van der Waals surface area contributed by atoms with Crippen LogP contribution >= 0.6 is 12.4 Å². The smallest absolute Gasteiger partial charge is 0.257 e. The zero-order chi connectivity index (χ0) is 18.7. The van der Waals surface area contributed by atoms with Crippen molar-refractivity contribution >= 4 is 39.7 Å². The monoisotopic (exact) mass is 411 g/mol. The lowest BCUT2D eigenvalue weighted by Gasteiger charge is -2.18. The maximum absolute atomic E-state index is 12.8. The predicted molar refractivity (Wildman–Crippen MR) is 107 cm³/mol. The Morgan fingerprint density at radius 3 is 2.44 bits per heavy atom. The van der Waals surface area contributed by atoms with Crippen LogP contribution in [0, 0.1) is 0 Å². The standard InChI is InChI=1S/C18H21N3O4S.ClH/c1-25-16-12-13(20-18(22)14-6-2-3-7-15(14)19)8-9-17(16)26(23,24)21-10-4-5-11-21;/h2-3,6-9,12H,4-5,10-11,19H2,1H3,(H,20,22);1H. The summed E-state index contributed by atoms with van der Waals surface area (Å²) in [7, 11) is -2.21. The average molecular weight is 412 g/mol. The summed E-state index contributed by atoms with van der Waals surface area (Å²) in [5.41, 5.74) is 6.95. The number of nitrogen functional groups attached to an aromatic ring is 1. The highest BCUT2D eigenvalue weighted by Gasteiger charge is 2.30. The van der Waals surface area contributed by atoms with Crippen LogP contribution in [0.15, 0.2) is 47.4 Å². The molecule has 0 aliphatic carbocycles. The van der Waals surface area contributed by atoms with Gasteiger partial charge < -0.3 is 15.8 Å². The van der Waals surface area contributed by atoms with Gasteiger partial charge in [0.05, 0.1) is 12.7 Å². The van der Waals surface area contributed by atoms with Gasteiger partial charge in [0.2, 0.25) is 10.0 Å². The fourth-order valence-corrected chi connectivity index (χ4v) is 4.58. The molecule has 2 aromatic carbocycles. The summed E-state index contributed by atoms with van der Waals surface area (Å²) in [5.74, 6) is -0.184. The van der Waals surface area contributed by atoms with E-state index in [1.54, 1.807) is 30.3 Å². The van der Waals surface area contributed by atoms with Gasteiger partial charge in [-0.15, -0.1) is 12.4 Å². The van der Waals surface area contributed by atoms with Crippen LogP contribution in [-0.2, 0) is 10.0 Å². The molecule has 1 aliphatic rings. The zero-order valence-corrected chi connectivity index (χ0v) is 16.5. The Balaban J connectivity index is 0.00000261. The van der Waals surface area contributed by atoms with Crippen molar-refractivity contribution in [3.63, 3.8) is 0 Å². The van der Waals surface area contributed by atoms with Crippen LogP contribution in [0.25, 0.3) is 0 Å². The van der Waals surface area contributed by atoms with Crippen molar-refractivity contribution in [2.75, 3.05) is 31.2 Å². The second kappa shape index (κ2) is 8.60. The normalized spacial score (nSPS) is 14.4. The van der Waals surface area contributed by atoms with Crippen LogP contribution in [0.3, 0.4) is 0 Å². The van der Waals surface area contributed by atoms with Gasteiger partial charge in [-0.3, -0.25) is 4.79 Å². The molecule has 1 fully saturated rings. The number of nitrogens with zero attached hydrogens (tertiary/aromatic N) is 1. The van der Waals surface area contributed by atoms with Crippen LogP contribution in [0.1, 0.15) is 23.2 Å². The van der Waals surface area contributed by atoms with Gasteiger partial charge in [-0.25, -0.2) is 8.42 Å². The van der Waals surface area contributed by atoms with E-state index in [-0.39, 0.29) is 29.0 Å². The van der Waals surface area contributed by atoms with Gasteiger partial charge in [0.1, 0.15) is 10.6 Å². The number of anilines is 2. The minimum Gasteiger partial charge on any atom is -0.495 e. The van der Waals surface area contributed by atoms with E-state index in [4.69, 9.17) is 10.5 Å². The van der Waals surface area contributed by atoms with E-state index >= 15 is 0 Å². The molecule has 0 aromatic heterocycles. The number of ether oxygens (including phenoxy) is 1. The zero-order valence-electron chi connectivity index (χ0n) is 14.8. The highest BCUT2D eigenvalue weighted by molar-refractivity contribution is 7.89. The Kier molecular flexibility index (Phi) is 6.69. The molecule has 0 unspecified atom stereocenters. The van der Waals surface area contributed by atoms with E-state index in [1.165, 1.54) is 23.5 Å². The second-order valence-corrected chi connectivity index (χ2v) is 7.92. The van der Waals surface area contributed by atoms with Crippen LogP contribution in [0.2, 0.25) is 0 Å². The highest BCUT2D eigenvalue weighted by atomic mass is 35.5. The van der Waals surface area contributed by atoms with Crippen molar-refractivity contribution in [3.8, 4) is 5.75 Å². The van der Waals surface area contributed by atoms with E-state index < -0.39 is 10.0 Å². The minimum absolute atomic E-state index is 0. The van der Waals surface area contributed by atoms with Gasteiger partial charge in [0, 0.05) is 30.5 Å². The maximum Gasteiger partial charge on any atom is 0.257 e. The Morgan fingerprint density at radius 2 is 1.81 bits per heavy atom. The highest BCUT2D eigenvalue weighted by Crippen LogP contribution is 2.31. The van der Waals surface area contributed by atoms with Crippen LogP contribution in [0.4, 0.5) is 11.4 Å². The maximum atomic E-state index is 12.8. The number of methoxy groups -OCH3 is 1. The molecule has 3 rings (SSSR count). The molecule has 0 atom stereocenters. The number of hydrogen-bond acceptors (Lipinski definition) is 5. The first kappa shape index (κ1) is 21.0. The molecule has 0 bridgehead atoms.